The maximum atomic E-state index is 11.3. The van der Waals surface area contributed by atoms with E-state index >= 15 is 0 Å². The Bertz CT molecular complexity index is 290. The molecule has 0 bridgehead atoms. The zero-order valence-corrected chi connectivity index (χ0v) is 10.8. The molecule has 1 heterocycles. The number of rotatable bonds is 5. The van der Waals surface area contributed by atoms with Crippen LogP contribution in [0.3, 0.4) is 0 Å². The Kier molecular flexibility index (Phi) is 4.55. The predicted octanol–water partition coefficient (Wildman–Crippen LogP) is 0.610. The predicted molar refractivity (Wildman–Crippen MR) is 62.3 cm³/mol. The molecule has 0 amide bonds. The van der Waals surface area contributed by atoms with Gasteiger partial charge in [-0.15, -0.1) is 0 Å². The third-order valence-corrected chi connectivity index (χ3v) is 4.16. The fourth-order valence-corrected chi connectivity index (χ4v) is 3.08. The van der Waals surface area contributed by atoms with Gasteiger partial charge in [0, 0.05) is 19.6 Å². The van der Waals surface area contributed by atoms with Gasteiger partial charge in [-0.25, -0.2) is 12.7 Å². The highest BCUT2D eigenvalue weighted by Crippen LogP contribution is 2.19. The molecule has 0 spiro atoms. The monoisotopic (exact) mass is 234 g/mol. The highest BCUT2D eigenvalue weighted by molar-refractivity contribution is 7.88. The fourth-order valence-electron chi connectivity index (χ4n) is 2.16. The van der Waals surface area contributed by atoms with Gasteiger partial charge >= 0.3 is 0 Å². The molecule has 1 saturated heterocycles. The molecule has 0 N–H and O–H groups in total. The van der Waals surface area contributed by atoms with E-state index in [4.69, 9.17) is 0 Å². The van der Waals surface area contributed by atoms with Gasteiger partial charge in [0.2, 0.25) is 10.0 Å². The Morgan fingerprint density at radius 3 is 2.60 bits per heavy atom. The molecule has 5 heteroatoms. The van der Waals surface area contributed by atoms with Crippen molar-refractivity contribution < 1.29 is 8.42 Å². The maximum Gasteiger partial charge on any atom is 0.211 e. The lowest BCUT2D eigenvalue weighted by molar-refractivity contribution is 0.281. The van der Waals surface area contributed by atoms with E-state index in [0.717, 1.165) is 25.9 Å². The van der Waals surface area contributed by atoms with Crippen LogP contribution in [0, 0.1) is 5.92 Å². The number of nitrogens with zero attached hydrogens (tertiary/aromatic N) is 2. The van der Waals surface area contributed by atoms with Crippen LogP contribution in [-0.4, -0.2) is 57.1 Å². The van der Waals surface area contributed by atoms with E-state index in [2.05, 4.69) is 18.9 Å². The van der Waals surface area contributed by atoms with E-state index in [9.17, 15) is 8.42 Å². The van der Waals surface area contributed by atoms with Crippen LogP contribution in [0.25, 0.3) is 0 Å². The molecule has 0 saturated carbocycles. The van der Waals surface area contributed by atoms with Crippen LogP contribution in [0.2, 0.25) is 0 Å². The first kappa shape index (κ1) is 12.9. The van der Waals surface area contributed by atoms with Crippen molar-refractivity contribution in [2.75, 3.05) is 39.5 Å². The summed E-state index contributed by atoms with van der Waals surface area (Å²) in [6, 6.07) is 0. The van der Waals surface area contributed by atoms with Gasteiger partial charge in [0.25, 0.3) is 0 Å². The SMILES string of the molecule is CCCN(C)C[C@H]1CCN(S(C)(=O)=O)C1. The molecule has 1 rings (SSSR count). The van der Waals surface area contributed by atoms with E-state index in [1.807, 2.05) is 0 Å². The molecule has 1 atom stereocenters. The minimum atomic E-state index is -2.97. The summed E-state index contributed by atoms with van der Waals surface area (Å²) >= 11 is 0. The van der Waals surface area contributed by atoms with Gasteiger partial charge in [0.05, 0.1) is 6.26 Å². The topological polar surface area (TPSA) is 40.6 Å². The normalized spacial score (nSPS) is 23.9. The van der Waals surface area contributed by atoms with Crippen LogP contribution in [0.1, 0.15) is 19.8 Å². The molecule has 1 aliphatic heterocycles. The van der Waals surface area contributed by atoms with Crippen molar-refractivity contribution in [2.45, 2.75) is 19.8 Å². The molecule has 0 aromatic heterocycles. The highest BCUT2D eigenvalue weighted by atomic mass is 32.2. The van der Waals surface area contributed by atoms with Crippen LogP contribution in [0.4, 0.5) is 0 Å². The van der Waals surface area contributed by atoms with Gasteiger partial charge in [0.1, 0.15) is 0 Å². The second-order valence-electron chi connectivity index (χ2n) is 4.54. The fraction of sp³-hybridized carbons (Fsp3) is 1.00. The maximum absolute atomic E-state index is 11.3. The number of hydrogen-bond donors (Lipinski definition) is 0. The molecule has 0 unspecified atom stereocenters. The Morgan fingerprint density at radius 1 is 1.47 bits per heavy atom. The highest BCUT2D eigenvalue weighted by Gasteiger charge is 2.28. The molecule has 90 valence electrons. The molecular weight excluding hydrogens is 212 g/mol. The van der Waals surface area contributed by atoms with Gasteiger partial charge in [-0.2, -0.15) is 0 Å². The summed E-state index contributed by atoms with van der Waals surface area (Å²) in [5, 5.41) is 0. The van der Waals surface area contributed by atoms with Crippen molar-refractivity contribution in [3.05, 3.63) is 0 Å². The van der Waals surface area contributed by atoms with Crippen LogP contribution >= 0.6 is 0 Å². The van der Waals surface area contributed by atoms with Crippen molar-refractivity contribution in [2.24, 2.45) is 5.92 Å². The summed E-state index contributed by atoms with van der Waals surface area (Å²) < 4.78 is 24.2. The quantitative estimate of drug-likeness (QED) is 0.700. The molecule has 0 radical (unpaired) electrons. The number of sulfonamides is 1. The Balaban J connectivity index is 2.37. The minimum Gasteiger partial charge on any atom is -0.306 e. The van der Waals surface area contributed by atoms with Crippen molar-refractivity contribution in [3.8, 4) is 0 Å². The minimum absolute atomic E-state index is 0.510. The van der Waals surface area contributed by atoms with E-state index in [1.165, 1.54) is 6.26 Å². The summed E-state index contributed by atoms with van der Waals surface area (Å²) in [5.41, 5.74) is 0. The van der Waals surface area contributed by atoms with Crippen LogP contribution < -0.4 is 0 Å². The molecule has 0 aromatic rings. The molecule has 1 aliphatic rings. The lowest BCUT2D eigenvalue weighted by Gasteiger charge is -2.20. The van der Waals surface area contributed by atoms with Crippen LogP contribution in [-0.2, 0) is 10.0 Å². The smallest absolute Gasteiger partial charge is 0.211 e. The summed E-state index contributed by atoms with van der Waals surface area (Å²) in [6.07, 6.45) is 3.45. The van der Waals surface area contributed by atoms with Gasteiger partial charge in [0.15, 0.2) is 0 Å². The molecule has 15 heavy (non-hydrogen) atoms. The van der Waals surface area contributed by atoms with E-state index in [-0.39, 0.29) is 0 Å². The average molecular weight is 234 g/mol. The summed E-state index contributed by atoms with van der Waals surface area (Å²) in [5.74, 6) is 0.510. The first-order valence-corrected chi connectivity index (χ1v) is 7.42. The lowest BCUT2D eigenvalue weighted by Crippen LogP contribution is -2.31. The second-order valence-corrected chi connectivity index (χ2v) is 6.52. The van der Waals surface area contributed by atoms with Gasteiger partial charge in [-0.3, -0.25) is 0 Å². The Hall–Kier alpha value is -0.130. The van der Waals surface area contributed by atoms with Gasteiger partial charge in [-0.05, 0) is 32.4 Å². The van der Waals surface area contributed by atoms with Gasteiger partial charge < -0.3 is 4.90 Å². The third kappa shape index (κ3) is 4.09. The zero-order chi connectivity index (χ0) is 11.5. The van der Waals surface area contributed by atoms with E-state index in [1.54, 1.807) is 4.31 Å². The molecule has 0 aliphatic carbocycles. The molecular formula is C10H22N2O2S. The molecule has 4 nitrogen and oxygen atoms in total. The third-order valence-electron chi connectivity index (χ3n) is 2.89. The molecule has 0 aromatic carbocycles. The van der Waals surface area contributed by atoms with Crippen molar-refractivity contribution in [1.29, 1.82) is 0 Å². The van der Waals surface area contributed by atoms with Crippen molar-refractivity contribution >= 4 is 10.0 Å². The van der Waals surface area contributed by atoms with E-state index in [0.29, 0.717) is 19.0 Å². The lowest BCUT2D eigenvalue weighted by atomic mass is 10.1. The number of hydrogen-bond acceptors (Lipinski definition) is 3. The largest absolute Gasteiger partial charge is 0.306 e. The van der Waals surface area contributed by atoms with E-state index < -0.39 is 10.0 Å². The first-order valence-electron chi connectivity index (χ1n) is 5.57. The Labute approximate surface area is 93.3 Å². The Morgan fingerprint density at radius 2 is 2.13 bits per heavy atom. The van der Waals surface area contributed by atoms with Crippen molar-refractivity contribution in [1.82, 2.24) is 9.21 Å². The average Bonchev–Trinajstić information content (AvgIpc) is 2.52. The molecule has 1 fully saturated rings. The zero-order valence-electron chi connectivity index (χ0n) is 9.94. The second kappa shape index (κ2) is 5.27. The standard InChI is InChI=1S/C10H22N2O2S/c1-4-6-11(2)8-10-5-7-12(9-10)15(3,13)14/h10H,4-9H2,1-3H3/t10-/m1/s1. The van der Waals surface area contributed by atoms with Crippen LogP contribution in [0.15, 0.2) is 0 Å². The first-order chi connectivity index (χ1) is 6.93. The summed E-state index contributed by atoms with van der Waals surface area (Å²) in [4.78, 5) is 2.29. The van der Waals surface area contributed by atoms with Crippen molar-refractivity contribution in [3.63, 3.8) is 0 Å². The summed E-state index contributed by atoms with van der Waals surface area (Å²) in [7, 11) is -0.865. The van der Waals surface area contributed by atoms with Gasteiger partial charge in [-0.1, -0.05) is 6.92 Å². The van der Waals surface area contributed by atoms with Crippen LogP contribution in [0.5, 0.6) is 0 Å². The summed E-state index contributed by atoms with van der Waals surface area (Å²) in [6.45, 7) is 5.67.